The van der Waals surface area contributed by atoms with Crippen LogP contribution >= 0.6 is 0 Å². The first kappa shape index (κ1) is 20.6. The molecule has 3 aromatic rings. The molecular weight excluding hydrogens is 369 g/mol. The summed E-state index contributed by atoms with van der Waals surface area (Å²) in [5, 5.41) is 11.4. The van der Waals surface area contributed by atoms with E-state index in [4.69, 9.17) is 5.26 Å². The van der Waals surface area contributed by atoms with E-state index in [1.54, 1.807) is 0 Å². The van der Waals surface area contributed by atoms with Gasteiger partial charge in [0.15, 0.2) is 0 Å². The molecule has 4 rings (SSSR count). The molecule has 0 aliphatic heterocycles. The quantitative estimate of drug-likeness (QED) is 0.372. The van der Waals surface area contributed by atoms with Gasteiger partial charge in [-0.05, 0) is 70.0 Å². The van der Waals surface area contributed by atoms with Crippen LogP contribution in [0.25, 0.3) is 21.9 Å². The summed E-state index contributed by atoms with van der Waals surface area (Å²) < 4.78 is 15.0. The summed E-state index contributed by atoms with van der Waals surface area (Å²) in [7, 11) is 0. The van der Waals surface area contributed by atoms with Gasteiger partial charge in [-0.15, -0.1) is 0 Å². The fourth-order valence-electron chi connectivity index (χ4n) is 4.85. The Balaban J connectivity index is 1.53. The van der Waals surface area contributed by atoms with Crippen LogP contribution in [0.5, 0.6) is 0 Å². The maximum atomic E-state index is 15.0. The highest BCUT2D eigenvalue weighted by Gasteiger charge is 2.29. The lowest BCUT2D eigenvalue weighted by Crippen LogP contribution is -2.27. The zero-order valence-electron chi connectivity index (χ0n) is 17.8. The van der Waals surface area contributed by atoms with Gasteiger partial charge >= 0.3 is 0 Å². The van der Waals surface area contributed by atoms with E-state index in [-0.39, 0.29) is 5.92 Å². The average molecular weight is 400 g/mol. The van der Waals surface area contributed by atoms with Crippen molar-refractivity contribution in [3.63, 3.8) is 0 Å². The smallest absolute Gasteiger partial charge is 0.107 e. The Bertz CT molecular complexity index is 1040. The van der Waals surface area contributed by atoms with Crippen molar-refractivity contribution in [3.8, 4) is 17.2 Å². The standard InChI is InChI=1S/C28H30FN/c1-2-3-4-5-6-7-25-17-24-13-12-23-16-22(21-10-8-20(19-30)9-11-21)14-15-26(23)27(24)18-28(25)29/h8-16,25,28H,2-7,17-18H2,1H3. The molecule has 1 nitrogen and oxygen atoms in total. The van der Waals surface area contributed by atoms with Crippen LogP contribution in [-0.2, 0) is 12.8 Å². The van der Waals surface area contributed by atoms with E-state index in [1.165, 1.54) is 47.6 Å². The van der Waals surface area contributed by atoms with Crippen LogP contribution in [0.2, 0.25) is 0 Å². The third kappa shape index (κ3) is 4.41. The second-order valence-electron chi connectivity index (χ2n) is 8.72. The molecule has 0 spiro atoms. The van der Waals surface area contributed by atoms with Crippen molar-refractivity contribution in [2.45, 2.75) is 64.5 Å². The number of unbranched alkanes of at least 4 members (excludes halogenated alkanes) is 4. The third-order valence-electron chi connectivity index (χ3n) is 6.65. The van der Waals surface area contributed by atoms with Gasteiger partial charge in [-0.2, -0.15) is 5.26 Å². The SMILES string of the molecule is CCCCCCCC1Cc2ccc3cc(-c4ccc(C#N)cc4)ccc3c2CC1F. The van der Waals surface area contributed by atoms with E-state index in [2.05, 4.69) is 43.3 Å². The fraction of sp³-hybridized carbons (Fsp3) is 0.393. The zero-order chi connectivity index (χ0) is 20.9. The Kier molecular flexibility index (Phi) is 6.48. The molecule has 0 saturated heterocycles. The Hall–Kier alpha value is -2.66. The van der Waals surface area contributed by atoms with Gasteiger partial charge in [-0.3, -0.25) is 0 Å². The molecule has 2 heteroatoms. The number of fused-ring (bicyclic) bond motifs is 3. The van der Waals surface area contributed by atoms with Gasteiger partial charge in [-0.1, -0.05) is 75.4 Å². The molecule has 0 fully saturated rings. The minimum atomic E-state index is -0.729. The van der Waals surface area contributed by atoms with Crippen LogP contribution in [0.4, 0.5) is 4.39 Å². The number of hydrogen-bond donors (Lipinski definition) is 0. The molecule has 0 radical (unpaired) electrons. The summed E-state index contributed by atoms with van der Waals surface area (Å²) in [6, 6.07) is 20.7. The van der Waals surface area contributed by atoms with Crippen LogP contribution in [0.15, 0.2) is 54.6 Å². The molecule has 0 bridgehead atoms. The first-order valence-corrected chi connectivity index (χ1v) is 11.4. The summed E-state index contributed by atoms with van der Waals surface area (Å²) in [6.07, 6.45) is 7.92. The van der Waals surface area contributed by atoms with E-state index in [0.29, 0.717) is 12.0 Å². The van der Waals surface area contributed by atoms with Crippen molar-refractivity contribution in [3.05, 3.63) is 71.3 Å². The average Bonchev–Trinajstić information content (AvgIpc) is 2.79. The molecule has 0 N–H and O–H groups in total. The van der Waals surface area contributed by atoms with E-state index in [0.717, 1.165) is 30.4 Å². The highest BCUT2D eigenvalue weighted by atomic mass is 19.1. The molecule has 0 saturated carbocycles. The monoisotopic (exact) mass is 399 g/mol. The Labute approximate surface area is 179 Å². The molecule has 3 aromatic carbocycles. The summed E-state index contributed by atoms with van der Waals surface area (Å²) in [5.41, 5.74) is 5.43. The normalized spacial score (nSPS) is 18.2. The van der Waals surface area contributed by atoms with E-state index < -0.39 is 6.17 Å². The number of nitriles is 1. The number of halogens is 1. The Morgan fingerprint density at radius 1 is 0.900 bits per heavy atom. The lowest BCUT2D eigenvalue weighted by molar-refractivity contribution is 0.199. The number of benzene rings is 3. The Morgan fingerprint density at radius 2 is 1.67 bits per heavy atom. The first-order valence-electron chi connectivity index (χ1n) is 11.4. The number of nitrogens with zero attached hydrogens (tertiary/aromatic N) is 1. The molecule has 2 unspecified atom stereocenters. The predicted octanol–water partition coefficient (Wildman–Crippen LogP) is 7.79. The van der Waals surface area contributed by atoms with Gasteiger partial charge in [0.25, 0.3) is 0 Å². The van der Waals surface area contributed by atoms with Gasteiger partial charge in [-0.25, -0.2) is 4.39 Å². The second kappa shape index (κ2) is 9.43. The van der Waals surface area contributed by atoms with Crippen molar-refractivity contribution in [1.29, 1.82) is 5.26 Å². The van der Waals surface area contributed by atoms with E-state index in [1.807, 2.05) is 24.3 Å². The topological polar surface area (TPSA) is 23.8 Å². The number of rotatable bonds is 7. The van der Waals surface area contributed by atoms with Crippen molar-refractivity contribution in [2.24, 2.45) is 5.92 Å². The molecule has 0 aromatic heterocycles. The second-order valence-corrected chi connectivity index (χ2v) is 8.72. The predicted molar refractivity (Wildman–Crippen MR) is 123 cm³/mol. The van der Waals surface area contributed by atoms with Crippen LogP contribution in [0.1, 0.15) is 62.1 Å². The fourth-order valence-corrected chi connectivity index (χ4v) is 4.85. The lowest BCUT2D eigenvalue weighted by atomic mass is 9.78. The molecule has 1 aliphatic carbocycles. The van der Waals surface area contributed by atoms with Gasteiger partial charge in [0.2, 0.25) is 0 Å². The molecule has 0 amide bonds. The van der Waals surface area contributed by atoms with Crippen LogP contribution in [0, 0.1) is 17.2 Å². The molecular formula is C28H30FN. The zero-order valence-corrected chi connectivity index (χ0v) is 17.8. The molecule has 30 heavy (non-hydrogen) atoms. The van der Waals surface area contributed by atoms with E-state index >= 15 is 4.39 Å². The van der Waals surface area contributed by atoms with Crippen molar-refractivity contribution in [1.82, 2.24) is 0 Å². The van der Waals surface area contributed by atoms with Crippen LogP contribution < -0.4 is 0 Å². The first-order chi connectivity index (χ1) is 14.7. The maximum absolute atomic E-state index is 15.0. The lowest BCUT2D eigenvalue weighted by Gasteiger charge is -2.29. The summed E-state index contributed by atoms with van der Waals surface area (Å²) in [4.78, 5) is 0. The highest BCUT2D eigenvalue weighted by Crippen LogP contribution is 2.36. The van der Waals surface area contributed by atoms with Gasteiger partial charge < -0.3 is 0 Å². The molecule has 1 aliphatic rings. The van der Waals surface area contributed by atoms with Crippen LogP contribution in [-0.4, -0.2) is 6.17 Å². The van der Waals surface area contributed by atoms with Gasteiger partial charge in [0.05, 0.1) is 11.6 Å². The maximum Gasteiger partial charge on any atom is 0.107 e. The van der Waals surface area contributed by atoms with Crippen molar-refractivity contribution in [2.75, 3.05) is 0 Å². The van der Waals surface area contributed by atoms with Gasteiger partial charge in [0.1, 0.15) is 6.17 Å². The minimum Gasteiger partial charge on any atom is -0.247 e. The summed E-state index contributed by atoms with van der Waals surface area (Å²) >= 11 is 0. The minimum absolute atomic E-state index is 0.175. The Morgan fingerprint density at radius 3 is 2.43 bits per heavy atom. The molecule has 2 atom stereocenters. The number of hydrogen-bond acceptors (Lipinski definition) is 1. The summed E-state index contributed by atoms with van der Waals surface area (Å²) in [5.74, 6) is 0.175. The van der Waals surface area contributed by atoms with Crippen molar-refractivity contribution < 1.29 is 4.39 Å². The highest BCUT2D eigenvalue weighted by molar-refractivity contribution is 5.91. The number of alkyl halides is 1. The molecule has 0 heterocycles. The van der Waals surface area contributed by atoms with Crippen molar-refractivity contribution >= 4 is 10.8 Å². The third-order valence-corrected chi connectivity index (χ3v) is 6.65. The van der Waals surface area contributed by atoms with Gasteiger partial charge in [0, 0.05) is 6.42 Å². The molecule has 154 valence electrons. The van der Waals surface area contributed by atoms with Crippen LogP contribution in [0.3, 0.4) is 0 Å². The largest absolute Gasteiger partial charge is 0.247 e. The summed E-state index contributed by atoms with van der Waals surface area (Å²) in [6.45, 7) is 2.23. The van der Waals surface area contributed by atoms with E-state index in [9.17, 15) is 0 Å².